The first-order valence-electron chi connectivity index (χ1n) is 4.44. The molecule has 14 heavy (non-hydrogen) atoms. The molecule has 0 spiro atoms. The molecule has 0 aliphatic carbocycles. The number of hydrogen-bond acceptors (Lipinski definition) is 2. The molecule has 2 N–H and O–H groups in total. The molecule has 0 aliphatic heterocycles. The van der Waals surface area contributed by atoms with Crippen LogP contribution in [-0.2, 0) is 10.8 Å². The Morgan fingerprint density at radius 3 is 2.64 bits per heavy atom. The second-order valence-corrected chi connectivity index (χ2v) is 4.45. The zero-order chi connectivity index (χ0) is 10.6. The summed E-state index contributed by atoms with van der Waals surface area (Å²) < 4.78 is 11.7. The lowest BCUT2D eigenvalue weighted by Gasteiger charge is -2.04. The van der Waals surface area contributed by atoms with E-state index in [1.807, 2.05) is 6.92 Å². The molecule has 1 amide bonds. The van der Waals surface area contributed by atoms with E-state index < -0.39 is 16.7 Å². The van der Waals surface area contributed by atoms with Gasteiger partial charge in [0, 0.05) is 5.75 Å². The Morgan fingerprint density at radius 1 is 1.43 bits per heavy atom. The molecule has 3 nitrogen and oxygen atoms in total. The standard InChI is InChI=1S/C10H13NO2S/c1-2-7-14(13)9-6-4-3-5-8(9)10(11)12/h3-6H,2,7H2,1H3,(H2,11,12). The van der Waals surface area contributed by atoms with E-state index in [1.165, 1.54) is 0 Å². The molecule has 0 fully saturated rings. The number of carbonyl (C=O) groups is 1. The summed E-state index contributed by atoms with van der Waals surface area (Å²) in [7, 11) is -1.12. The highest BCUT2D eigenvalue weighted by atomic mass is 32.2. The Labute approximate surface area is 85.8 Å². The number of rotatable bonds is 4. The second-order valence-electron chi connectivity index (χ2n) is 2.91. The zero-order valence-corrected chi connectivity index (χ0v) is 8.84. The van der Waals surface area contributed by atoms with Crippen LogP contribution in [0.2, 0.25) is 0 Å². The number of nitrogens with two attached hydrogens (primary N) is 1. The van der Waals surface area contributed by atoms with Crippen molar-refractivity contribution in [2.24, 2.45) is 5.73 Å². The lowest BCUT2D eigenvalue weighted by molar-refractivity contribution is 0.0997. The minimum Gasteiger partial charge on any atom is -0.366 e. The van der Waals surface area contributed by atoms with E-state index in [9.17, 15) is 9.00 Å². The van der Waals surface area contributed by atoms with Gasteiger partial charge in [-0.15, -0.1) is 0 Å². The van der Waals surface area contributed by atoms with E-state index in [0.717, 1.165) is 6.42 Å². The van der Waals surface area contributed by atoms with Crippen LogP contribution in [0.1, 0.15) is 23.7 Å². The predicted molar refractivity (Wildman–Crippen MR) is 56.5 cm³/mol. The van der Waals surface area contributed by atoms with Crippen molar-refractivity contribution in [3.05, 3.63) is 29.8 Å². The molecule has 0 aliphatic rings. The van der Waals surface area contributed by atoms with Gasteiger partial charge in [0.15, 0.2) is 0 Å². The van der Waals surface area contributed by atoms with Crippen molar-refractivity contribution in [3.63, 3.8) is 0 Å². The minimum atomic E-state index is -1.12. The maximum absolute atomic E-state index is 11.7. The van der Waals surface area contributed by atoms with Crippen LogP contribution in [-0.4, -0.2) is 15.9 Å². The Morgan fingerprint density at radius 2 is 2.07 bits per heavy atom. The molecule has 0 aromatic heterocycles. The Hall–Kier alpha value is -1.16. The third-order valence-corrected chi connectivity index (χ3v) is 3.41. The quantitative estimate of drug-likeness (QED) is 0.816. The molecule has 0 saturated heterocycles. The van der Waals surface area contributed by atoms with E-state index >= 15 is 0 Å². The fourth-order valence-electron chi connectivity index (χ4n) is 1.16. The van der Waals surface area contributed by atoms with Gasteiger partial charge in [0.1, 0.15) is 0 Å². The van der Waals surface area contributed by atoms with Crippen molar-refractivity contribution >= 4 is 16.7 Å². The van der Waals surface area contributed by atoms with E-state index in [1.54, 1.807) is 24.3 Å². The largest absolute Gasteiger partial charge is 0.366 e. The number of primary amides is 1. The number of amides is 1. The maximum atomic E-state index is 11.7. The fourth-order valence-corrected chi connectivity index (χ4v) is 2.40. The van der Waals surface area contributed by atoms with E-state index in [-0.39, 0.29) is 0 Å². The molecule has 1 aromatic carbocycles. The highest BCUT2D eigenvalue weighted by molar-refractivity contribution is 7.85. The highest BCUT2D eigenvalue weighted by Gasteiger charge is 2.11. The van der Waals surface area contributed by atoms with Crippen LogP contribution >= 0.6 is 0 Å². The van der Waals surface area contributed by atoms with Crippen LogP contribution in [0.3, 0.4) is 0 Å². The first kappa shape index (κ1) is 10.9. The molecule has 1 unspecified atom stereocenters. The van der Waals surface area contributed by atoms with Crippen molar-refractivity contribution in [1.82, 2.24) is 0 Å². The van der Waals surface area contributed by atoms with Gasteiger partial charge in [0.2, 0.25) is 5.91 Å². The second kappa shape index (κ2) is 4.91. The Balaban J connectivity index is 3.07. The summed E-state index contributed by atoms with van der Waals surface area (Å²) >= 11 is 0. The summed E-state index contributed by atoms with van der Waals surface area (Å²) in [6, 6.07) is 6.76. The molecule has 76 valence electrons. The van der Waals surface area contributed by atoms with Crippen LogP contribution in [0.5, 0.6) is 0 Å². The predicted octanol–water partition coefficient (Wildman–Crippen LogP) is 1.30. The number of carbonyl (C=O) groups excluding carboxylic acids is 1. The SMILES string of the molecule is CCCS(=O)c1ccccc1C(N)=O. The van der Waals surface area contributed by atoms with Crippen molar-refractivity contribution < 1.29 is 9.00 Å². The molecule has 0 bridgehead atoms. The van der Waals surface area contributed by atoms with Crippen LogP contribution in [0, 0.1) is 0 Å². The van der Waals surface area contributed by atoms with Gasteiger partial charge in [0.05, 0.1) is 21.3 Å². The number of hydrogen-bond donors (Lipinski definition) is 1. The highest BCUT2D eigenvalue weighted by Crippen LogP contribution is 2.13. The molecule has 0 saturated carbocycles. The van der Waals surface area contributed by atoms with Crippen LogP contribution in [0.25, 0.3) is 0 Å². The molecule has 4 heteroatoms. The van der Waals surface area contributed by atoms with Gasteiger partial charge in [-0.25, -0.2) is 0 Å². The van der Waals surface area contributed by atoms with Crippen molar-refractivity contribution in [2.75, 3.05) is 5.75 Å². The van der Waals surface area contributed by atoms with Crippen molar-refractivity contribution in [2.45, 2.75) is 18.2 Å². The van der Waals surface area contributed by atoms with Crippen molar-refractivity contribution in [3.8, 4) is 0 Å². The van der Waals surface area contributed by atoms with Crippen molar-refractivity contribution in [1.29, 1.82) is 0 Å². The van der Waals surface area contributed by atoms with Gasteiger partial charge in [-0.1, -0.05) is 19.1 Å². The summed E-state index contributed by atoms with van der Waals surface area (Å²) in [5.74, 6) is 0.0367. The van der Waals surface area contributed by atoms with E-state index in [0.29, 0.717) is 16.2 Å². The summed E-state index contributed by atoms with van der Waals surface area (Å²) in [6.45, 7) is 1.95. The lowest BCUT2D eigenvalue weighted by Crippen LogP contribution is -2.14. The smallest absolute Gasteiger partial charge is 0.249 e. The molecule has 0 heterocycles. The van der Waals surface area contributed by atoms with E-state index in [2.05, 4.69) is 0 Å². The third kappa shape index (κ3) is 2.42. The normalized spacial score (nSPS) is 12.4. The van der Waals surface area contributed by atoms with Gasteiger partial charge < -0.3 is 5.73 Å². The summed E-state index contributed by atoms with van der Waals surface area (Å²) in [5, 5.41) is 0. The summed E-state index contributed by atoms with van der Waals surface area (Å²) in [5.41, 5.74) is 5.54. The van der Waals surface area contributed by atoms with Gasteiger partial charge >= 0.3 is 0 Å². The lowest BCUT2D eigenvalue weighted by atomic mass is 10.2. The number of benzene rings is 1. The fraction of sp³-hybridized carbons (Fsp3) is 0.300. The van der Waals surface area contributed by atoms with Gasteiger partial charge in [0.25, 0.3) is 0 Å². The molecule has 1 rings (SSSR count). The molecule has 0 radical (unpaired) electrons. The molecular weight excluding hydrogens is 198 g/mol. The maximum Gasteiger partial charge on any atom is 0.249 e. The van der Waals surface area contributed by atoms with Gasteiger partial charge in [-0.2, -0.15) is 0 Å². The summed E-state index contributed by atoms with van der Waals surface area (Å²) in [4.78, 5) is 11.6. The third-order valence-electron chi connectivity index (χ3n) is 1.79. The Bertz CT molecular complexity index is 363. The zero-order valence-electron chi connectivity index (χ0n) is 8.03. The average Bonchev–Trinajstić information content (AvgIpc) is 2.18. The first-order valence-corrected chi connectivity index (χ1v) is 5.76. The molecule has 1 aromatic rings. The van der Waals surface area contributed by atoms with Gasteiger partial charge in [-0.05, 0) is 18.6 Å². The van der Waals surface area contributed by atoms with E-state index in [4.69, 9.17) is 5.73 Å². The monoisotopic (exact) mass is 211 g/mol. The average molecular weight is 211 g/mol. The minimum absolute atomic E-state index is 0.360. The summed E-state index contributed by atoms with van der Waals surface area (Å²) in [6.07, 6.45) is 0.819. The van der Waals surface area contributed by atoms with Gasteiger partial charge in [-0.3, -0.25) is 9.00 Å². The van der Waals surface area contributed by atoms with Crippen LogP contribution < -0.4 is 5.73 Å². The van der Waals surface area contributed by atoms with Crippen LogP contribution in [0.15, 0.2) is 29.2 Å². The molecule has 1 atom stereocenters. The first-order chi connectivity index (χ1) is 6.66. The Kier molecular flexibility index (Phi) is 3.83. The topological polar surface area (TPSA) is 60.2 Å². The molecular formula is C10H13NO2S. The van der Waals surface area contributed by atoms with Crippen LogP contribution in [0.4, 0.5) is 0 Å².